The largest absolute Gasteiger partial charge is 0.455 e. The minimum atomic E-state index is -0.975. The minimum Gasteiger partial charge on any atom is -0.455 e. The van der Waals surface area contributed by atoms with Crippen molar-refractivity contribution in [3.8, 4) is 0 Å². The second-order valence-corrected chi connectivity index (χ2v) is 4.73. The molecule has 0 aliphatic carbocycles. The third-order valence-electron chi connectivity index (χ3n) is 3.07. The maximum atomic E-state index is 13.0. The molecule has 22 heavy (non-hydrogen) atoms. The minimum absolute atomic E-state index is 0.0244. The van der Waals surface area contributed by atoms with Crippen LogP contribution in [0.3, 0.4) is 0 Å². The van der Waals surface area contributed by atoms with Gasteiger partial charge >= 0.3 is 5.97 Å². The Morgan fingerprint density at radius 1 is 0.909 bits per heavy atom. The van der Waals surface area contributed by atoms with Crippen LogP contribution in [0.2, 0.25) is 0 Å². The molecule has 0 aliphatic rings. The van der Waals surface area contributed by atoms with Crippen molar-refractivity contribution in [2.24, 2.45) is 0 Å². The number of benzene rings is 2. The molecule has 2 aromatic rings. The monoisotopic (exact) mass is 304 g/mol. The van der Waals surface area contributed by atoms with Gasteiger partial charge in [-0.15, -0.1) is 0 Å². The summed E-state index contributed by atoms with van der Waals surface area (Å²) >= 11 is 0. The molecule has 5 heteroatoms. The Bertz CT molecular complexity index is 669. The zero-order chi connectivity index (χ0) is 15.9. The van der Waals surface area contributed by atoms with E-state index in [1.54, 1.807) is 24.3 Å². The SMILES string of the molecule is O=C(CCc1ccc(F)c(F)c1)C(=O)OCc1ccccc1. The fraction of sp³-hybridized carbons (Fsp3) is 0.176. The van der Waals surface area contributed by atoms with Crippen molar-refractivity contribution in [1.82, 2.24) is 0 Å². The Balaban J connectivity index is 1.81. The van der Waals surface area contributed by atoms with Crippen molar-refractivity contribution in [3.63, 3.8) is 0 Å². The lowest BCUT2D eigenvalue weighted by Gasteiger charge is -2.04. The van der Waals surface area contributed by atoms with Crippen LogP contribution in [0.4, 0.5) is 8.78 Å². The standard InChI is InChI=1S/C17H14F2O3/c18-14-8-6-12(10-15(14)19)7-9-16(20)17(21)22-11-13-4-2-1-3-5-13/h1-6,8,10H,7,9,11H2. The zero-order valence-corrected chi connectivity index (χ0v) is 11.7. The van der Waals surface area contributed by atoms with Gasteiger partial charge in [0, 0.05) is 6.42 Å². The first kappa shape index (κ1) is 15.8. The van der Waals surface area contributed by atoms with Crippen LogP contribution in [0.25, 0.3) is 0 Å². The Kier molecular flexibility index (Phi) is 5.36. The van der Waals surface area contributed by atoms with Gasteiger partial charge in [-0.25, -0.2) is 13.6 Å². The molecule has 2 rings (SSSR count). The number of hydrogen-bond donors (Lipinski definition) is 0. The van der Waals surface area contributed by atoms with E-state index in [1.165, 1.54) is 6.07 Å². The number of carbonyl (C=O) groups is 2. The molecule has 0 aromatic heterocycles. The quantitative estimate of drug-likeness (QED) is 0.608. The molecule has 0 unspecified atom stereocenters. The van der Waals surface area contributed by atoms with Gasteiger partial charge < -0.3 is 4.74 Å². The molecular formula is C17H14F2O3. The summed E-state index contributed by atoms with van der Waals surface area (Å²) in [5.74, 6) is -3.54. The number of rotatable bonds is 6. The summed E-state index contributed by atoms with van der Waals surface area (Å²) in [5.41, 5.74) is 1.23. The van der Waals surface area contributed by atoms with Gasteiger partial charge in [-0.05, 0) is 29.7 Å². The number of carbonyl (C=O) groups excluding carboxylic acids is 2. The fourth-order valence-electron chi connectivity index (χ4n) is 1.86. The van der Waals surface area contributed by atoms with Gasteiger partial charge in [0.1, 0.15) is 6.61 Å². The van der Waals surface area contributed by atoms with E-state index in [1.807, 2.05) is 6.07 Å². The van der Waals surface area contributed by atoms with E-state index in [-0.39, 0.29) is 19.4 Å². The van der Waals surface area contributed by atoms with E-state index in [4.69, 9.17) is 4.74 Å². The van der Waals surface area contributed by atoms with Crippen molar-refractivity contribution in [2.45, 2.75) is 19.4 Å². The molecular weight excluding hydrogens is 290 g/mol. The van der Waals surface area contributed by atoms with Gasteiger partial charge in [0.05, 0.1) is 0 Å². The molecule has 2 aromatic carbocycles. The lowest BCUT2D eigenvalue weighted by Crippen LogP contribution is -2.17. The Morgan fingerprint density at radius 2 is 1.64 bits per heavy atom. The second-order valence-electron chi connectivity index (χ2n) is 4.73. The van der Waals surface area contributed by atoms with Crippen LogP contribution < -0.4 is 0 Å². The Hall–Kier alpha value is -2.56. The van der Waals surface area contributed by atoms with E-state index in [9.17, 15) is 18.4 Å². The highest BCUT2D eigenvalue weighted by molar-refractivity contribution is 6.33. The van der Waals surface area contributed by atoms with Gasteiger partial charge in [0.25, 0.3) is 0 Å². The summed E-state index contributed by atoms with van der Waals surface area (Å²) in [6.45, 7) is 0.0244. The molecule has 0 heterocycles. The number of esters is 1. The van der Waals surface area contributed by atoms with E-state index in [0.717, 1.165) is 17.7 Å². The highest BCUT2D eigenvalue weighted by atomic mass is 19.2. The summed E-state index contributed by atoms with van der Waals surface area (Å²) in [5, 5.41) is 0. The van der Waals surface area contributed by atoms with Crippen LogP contribution in [0.15, 0.2) is 48.5 Å². The molecule has 0 N–H and O–H groups in total. The first-order valence-corrected chi connectivity index (χ1v) is 6.74. The third kappa shape index (κ3) is 4.48. The van der Waals surface area contributed by atoms with Crippen molar-refractivity contribution < 1.29 is 23.1 Å². The molecule has 114 valence electrons. The summed E-state index contributed by atoms with van der Waals surface area (Å²) in [7, 11) is 0. The molecule has 0 atom stereocenters. The van der Waals surface area contributed by atoms with E-state index in [0.29, 0.717) is 5.56 Å². The number of aryl methyl sites for hydroxylation is 1. The smallest absolute Gasteiger partial charge is 0.374 e. The summed E-state index contributed by atoms with van der Waals surface area (Å²) < 4.78 is 30.7. The average Bonchev–Trinajstić information content (AvgIpc) is 2.54. The van der Waals surface area contributed by atoms with Crippen molar-refractivity contribution in [1.29, 1.82) is 0 Å². The fourth-order valence-corrected chi connectivity index (χ4v) is 1.86. The van der Waals surface area contributed by atoms with Gasteiger partial charge in [-0.1, -0.05) is 36.4 Å². The predicted octanol–water partition coefficient (Wildman–Crippen LogP) is 3.21. The number of Topliss-reactive ketones (excluding diaryl/α,β-unsaturated/α-hetero) is 1. The molecule has 0 saturated carbocycles. The van der Waals surface area contributed by atoms with Gasteiger partial charge in [-0.3, -0.25) is 4.79 Å². The van der Waals surface area contributed by atoms with E-state index < -0.39 is 23.4 Å². The highest BCUT2D eigenvalue weighted by Gasteiger charge is 2.15. The first-order valence-electron chi connectivity index (χ1n) is 6.74. The maximum Gasteiger partial charge on any atom is 0.374 e. The van der Waals surface area contributed by atoms with Crippen LogP contribution in [0, 0.1) is 11.6 Å². The Morgan fingerprint density at radius 3 is 2.32 bits per heavy atom. The number of ketones is 1. The van der Waals surface area contributed by atoms with Crippen LogP contribution in [-0.2, 0) is 27.4 Å². The normalized spacial score (nSPS) is 10.3. The number of ether oxygens (including phenoxy) is 1. The molecule has 0 radical (unpaired) electrons. The van der Waals surface area contributed by atoms with Crippen molar-refractivity contribution in [2.75, 3.05) is 0 Å². The summed E-state index contributed by atoms with van der Waals surface area (Å²) in [4.78, 5) is 23.2. The number of halogens is 2. The molecule has 0 amide bonds. The van der Waals surface area contributed by atoms with Crippen LogP contribution >= 0.6 is 0 Å². The molecule has 0 bridgehead atoms. The van der Waals surface area contributed by atoms with E-state index in [2.05, 4.69) is 0 Å². The zero-order valence-electron chi connectivity index (χ0n) is 11.7. The molecule has 0 aliphatic heterocycles. The van der Waals surface area contributed by atoms with Crippen LogP contribution in [0.1, 0.15) is 17.5 Å². The second kappa shape index (κ2) is 7.45. The third-order valence-corrected chi connectivity index (χ3v) is 3.07. The van der Waals surface area contributed by atoms with Gasteiger partial charge in [0.2, 0.25) is 5.78 Å². The van der Waals surface area contributed by atoms with Crippen LogP contribution in [0.5, 0.6) is 0 Å². The maximum absolute atomic E-state index is 13.0. The average molecular weight is 304 g/mol. The molecule has 3 nitrogen and oxygen atoms in total. The lowest BCUT2D eigenvalue weighted by atomic mass is 10.1. The van der Waals surface area contributed by atoms with E-state index >= 15 is 0 Å². The first-order chi connectivity index (χ1) is 10.6. The molecule has 0 spiro atoms. The van der Waals surface area contributed by atoms with Gasteiger partial charge in [0.15, 0.2) is 11.6 Å². The van der Waals surface area contributed by atoms with Gasteiger partial charge in [-0.2, -0.15) is 0 Å². The summed E-state index contributed by atoms with van der Waals surface area (Å²) in [6.07, 6.45) is 0.0369. The number of hydrogen-bond acceptors (Lipinski definition) is 3. The topological polar surface area (TPSA) is 43.4 Å². The van der Waals surface area contributed by atoms with Crippen molar-refractivity contribution in [3.05, 3.63) is 71.3 Å². The lowest BCUT2D eigenvalue weighted by molar-refractivity contribution is -0.154. The predicted molar refractivity (Wildman–Crippen MR) is 75.9 cm³/mol. The summed E-state index contributed by atoms with van der Waals surface area (Å²) in [6, 6.07) is 12.4. The van der Waals surface area contributed by atoms with Crippen LogP contribution in [-0.4, -0.2) is 11.8 Å². The Labute approximate surface area is 126 Å². The van der Waals surface area contributed by atoms with Crippen molar-refractivity contribution >= 4 is 11.8 Å². The molecule has 0 saturated heterocycles. The highest BCUT2D eigenvalue weighted by Crippen LogP contribution is 2.11. The molecule has 0 fully saturated rings.